The van der Waals surface area contributed by atoms with Crippen molar-refractivity contribution < 1.29 is 14.7 Å². The van der Waals surface area contributed by atoms with Crippen molar-refractivity contribution in [2.75, 3.05) is 0 Å². The Kier molecular flexibility index (Phi) is 3.56. The van der Waals surface area contributed by atoms with Crippen LogP contribution >= 0.6 is 0 Å². The first kappa shape index (κ1) is 15.4. The van der Waals surface area contributed by atoms with E-state index in [1.807, 2.05) is 45.0 Å². The van der Waals surface area contributed by atoms with Crippen molar-refractivity contribution in [3.8, 4) is 0 Å². The lowest BCUT2D eigenvalue weighted by Crippen LogP contribution is -2.48. The minimum absolute atomic E-state index is 0.0567. The van der Waals surface area contributed by atoms with Crippen LogP contribution in [0.2, 0.25) is 0 Å². The summed E-state index contributed by atoms with van der Waals surface area (Å²) in [6, 6.07) is 8.92. The zero-order chi connectivity index (χ0) is 16.8. The van der Waals surface area contributed by atoms with Crippen molar-refractivity contribution in [2.45, 2.75) is 32.5 Å². The molecular weight excluding hydrogens is 294 g/mol. The van der Waals surface area contributed by atoms with E-state index in [0.717, 1.165) is 5.39 Å². The fourth-order valence-electron chi connectivity index (χ4n) is 2.77. The predicted octanol–water partition coefficient (Wildman–Crippen LogP) is 2.07. The molecule has 6 nitrogen and oxygen atoms in total. The molecule has 0 aliphatic carbocycles. The van der Waals surface area contributed by atoms with E-state index in [2.05, 4.69) is 15.6 Å². The minimum atomic E-state index is -1.06. The normalized spacial score (nSPS) is 24.2. The maximum absolute atomic E-state index is 12.3. The molecule has 3 N–H and O–H groups in total. The van der Waals surface area contributed by atoms with Gasteiger partial charge in [0.2, 0.25) is 5.91 Å². The Hall–Kier alpha value is -2.47. The summed E-state index contributed by atoms with van der Waals surface area (Å²) in [5, 5.41) is 16.3. The standard InChI is InChI=1S/C17H19N3O3/c1-9(2)17(3)16(23)19-14(20-17)13-11(15(21)22)8-10-6-4-5-7-12(10)18-13/h4-9,14,20H,1-3H3,(H,19,23)(H,21,22). The second-order valence-corrected chi connectivity index (χ2v) is 6.33. The maximum Gasteiger partial charge on any atom is 0.337 e. The molecule has 1 fully saturated rings. The molecule has 1 aliphatic heterocycles. The molecule has 1 amide bonds. The van der Waals surface area contributed by atoms with Crippen LogP contribution < -0.4 is 10.6 Å². The van der Waals surface area contributed by atoms with Gasteiger partial charge >= 0.3 is 5.97 Å². The highest BCUT2D eigenvalue weighted by Gasteiger charge is 2.46. The lowest BCUT2D eigenvalue weighted by Gasteiger charge is -2.26. The second kappa shape index (κ2) is 5.31. The molecule has 3 rings (SSSR count). The third-order valence-corrected chi connectivity index (χ3v) is 4.60. The van der Waals surface area contributed by atoms with Crippen LogP contribution in [0, 0.1) is 5.92 Å². The summed E-state index contributed by atoms with van der Waals surface area (Å²) in [5.41, 5.74) is 0.360. The van der Waals surface area contributed by atoms with Crippen molar-refractivity contribution in [1.82, 2.24) is 15.6 Å². The van der Waals surface area contributed by atoms with E-state index in [-0.39, 0.29) is 17.4 Å². The molecule has 1 aromatic carbocycles. The summed E-state index contributed by atoms with van der Waals surface area (Å²) in [4.78, 5) is 28.4. The summed E-state index contributed by atoms with van der Waals surface area (Å²) >= 11 is 0. The first-order valence-electron chi connectivity index (χ1n) is 7.54. The number of hydrogen-bond donors (Lipinski definition) is 3. The van der Waals surface area contributed by atoms with Crippen molar-refractivity contribution in [3.05, 3.63) is 41.6 Å². The molecule has 1 saturated heterocycles. The van der Waals surface area contributed by atoms with Gasteiger partial charge in [-0.2, -0.15) is 0 Å². The number of benzene rings is 1. The Bertz CT molecular complexity index is 803. The average Bonchev–Trinajstić information content (AvgIpc) is 2.82. The third-order valence-electron chi connectivity index (χ3n) is 4.60. The third kappa shape index (κ3) is 2.45. The van der Waals surface area contributed by atoms with Gasteiger partial charge in [-0.3, -0.25) is 10.1 Å². The number of fused-ring (bicyclic) bond motifs is 1. The summed E-state index contributed by atoms with van der Waals surface area (Å²) < 4.78 is 0. The second-order valence-electron chi connectivity index (χ2n) is 6.33. The van der Waals surface area contributed by atoms with Crippen LogP contribution in [-0.2, 0) is 4.79 Å². The summed E-state index contributed by atoms with van der Waals surface area (Å²) in [6.45, 7) is 5.70. The Morgan fingerprint density at radius 2 is 2.04 bits per heavy atom. The van der Waals surface area contributed by atoms with Crippen molar-refractivity contribution in [1.29, 1.82) is 0 Å². The molecule has 1 aliphatic rings. The van der Waals surface area contributed by atoms with Crippen LogP contribution in [0.4, 0.5) is 0 Å². The molecule has 2 aromatic rings. The van der Waals surface area contributed by atoms with Gasteiger partial charge in [0.15, 0.2) is 0 Å². The van der Waals surface area contributed by atoms with Gasteiger partial charge < -0.3 is 10.4 Å². The number of nitrogens with one attached hydrogen (secondary N) is 2. The summed E-state index contributed by atoms with van der Waals surface area (Å²) in [6.07, 6.45) is -0.620. The molecule has 120 valence electrons. The largest absolute Gasteiger partial charge is 0.478 e. The average molecular weight is 313 g/mol. The van der Waals surface area contributed by atoms with Crippen LogP contribution in [0.1, 0.15) is 43.0 Å². The number of aromatic carboxylic acids is 1. The van der Waals surface area contributed by atoms with Gasteiger partial charge in [-0.1, -0.05) is 32.0 Å². The van der Waals surface area contributed by atoms with E-state index < -0.39 is 17.7 Å². The number of carboxylic acid groups (broad SMARTS) is 1. The Balaban J connectivity index is 2.11. The number of carbonyl (C=O) groups is 2. The number of rotatable bonds is 3. The van der Waals surface area contributed by atoms with Gasteiger partial charge in [0.1, 0.15) is 6.17 Å². The van der Waals surface area contributed by atoms with Crippen LogP contribution in [0.5, 0.6) is 0 Å². The van der Waals surface area contributed by atoms with Crippen molar-refractivity contribution >= 4 is 22.8 Å². The Labute approximate surface area is 133 Å². The van der Waals surface area contributed by atoms with E-state index in [9.17, 15) is 14.7 Å². The lowest BCUT2D eigenvalue weighted by atomic mass is 9.89. The molecule has 2 unspecified atom stereocenters. The molecule has 0 bridgehead atoms. The van der Waals surface area contributed by atoms with E-state index in [1.54, 1.807) is 6.07 Å². The number of carboxylic acids is 1. The smallest absolute Gasteiger partial charge is 0.337 e. The quantitative estimate of drug-likeness (QED) is 0.807. The van der Waals surface area contributed by atoms with Gasteiger partial charge in [-0.15, -0.1) is 0 Å². The number of pyridine rings is 1. The minimum Gasteiger partial charge on any atom is -0.478 e. The molecule has 2 atom stereocenters. The van der Waals surface area contributed by atoms with Crippen LogP contribution in [-0.4, -0.2) is 27.5 Å². The summed E-state index contributed by atoms with van der Waals surface area (Å²) in [7, 11) is 0. The topological polar surface area (TPSA) is 91.3 Å². The maximum atomic E-state index is 12.3. The predicted molar refractivity (Wildman–Crippen MR) is 86.0 cm³/mol. The highest BCUT2D eigenvalue weighted by Crippen LogP contribution is 2.29. The monoisotopic (exact) mass is 313 g/mol. The molecule has 0 radical (unpaired) electrons. The number of aromatic nitrogens is 1. The molecular formula is C17H19N3O3. The van der Waals surface area contributed by atoms with E-state index >= 15 is 0 Å². The Morgan fingerprint density at radius 3 is 2.65 bits per heavy atom. The first-order chi connectivity index (χ1) is 10.8. The SMILES string of the molecule is CC(C)C1(C)NC(c2nc3ccccc3cc2C(=O)O)NC1=O. The van der Waals surface area contributed by atoms with Crippen molar-refractivity contribution in [2.24, 2.45) is 5.92 Å². The number of nitrogens with zero attached hydrogens (tertiary/aromatic N) is 1. The van der Waals surface area contributed by atoms with Crippen LogP contribution in [0.3, 0.4) is 0 Å². The number of hydrogen-bond acceptors (Lipinski definition) is 4. The zero-order valence-corrected chi connectivity index (χ0v) is 13.3. The molecule has 0 spiro atoms. The lowest BCUT2D eigenvalue weighted by molar-refractivity contribution is -0.125. The molecule has 2 heterocycles. The molecule has 6 heteroatoms. The van der Waals surface area contributed by atoms with E-state index in [0.29, 0.717) is 11.2 Å². The highest BCUT2D eigenvalue weighted by atomic mass is 16.4. The van der Waals surface area contributed by atoms with Gasteiger partial charge in [0.25, 0.3) is 0 Å². The first-order valence-corrected chi connectivity index (χ1v) is 7.54. The van der Waals surface area contributed by atoms with Gasteiger partial charge in [0.05, 0.1) is 22.3 Å². The van der Waals surface area contributed by atoms with Gasteiger partial charge in [-0.05, 0) is 25.0 Å². The molecule has 1 aromatic heterocycles. The fraction of sp³-hybridized carbons (Fsp3) is 0.353. The van der Waals surface area contributed by atoms with Crippen molar-refractivity contribution in [3.63, 3.8) is 0 Å². The Morgan fingerprint density at radius 1 is 1.35 bits per heavy atom. The molecule has 23 heavy (non-hydrogen) atoms. The van der Waals surface area contributed by atoms with Gasteiger partial charge in [-0.25, -0.2) is 9.78 Å². The summed E-state index contributed by atoms with van der Waals surface area (Å²) in [5.74, 6) is -1.16. The highest BCUT2D eigenvalue weighted by molar-refractivity contribution is 5.95. The van der Waals surface area contributed by atoms with E-state index in [1.165, 1.54) is 0 Å². The number of para-hydroxylation sites is 1. The van der Waals surface area contributed by atoms with Crippen LogP contribution in [0.15, 0.2) is 30.3 Å². The number of amides is 1. The van der Waals surface area contributed by atoms with E-state index in [4.69, 9.17) is 0 Å². The molecule has 0 saturated carbocycles. The fourth-order valence-corrected chi connectivity index (χ4v) is 2.77. The van der Waals surface area contributed by atoms with Gasteiger partial charge in [0, 0.05) is 5.39 Å². The zero-order valence-electron chi connectivity index (χ0n) is 13.3. The number of carbonyl (C=O) groups excluding carboxylic acids is 1. The van der Waals surface area contributed by atoms with Crippen LogP contribution in [0.25, 0.3) is 10.9 Å².